The zero-order chi connectivity index (χ0) is 21.5. The van der Waals surface area contributed by atoms with Crippen LogP contribution in [0.2, 0.25) is 0 Å². The van der Waals surface area contributed by atoms with Gasteiger partial charge in [0.15, 0.2) is 6.29 Å². The summed E-state index contributed by atoms with van der Waals surface area (Å²) in [5, 5.41) is 19.2. The molecule has 0 saturated carbocycles. The van der Waals surface area contributed by atoms with Crippen molar-refractivity contribution in [3.05, 3.63) is 64.5 Å². The highest BCUT2D eigenvalue weighted by molar-refractivity contribution is 5.67. The van der Waals surface area contributed by atoms with Crippen molar-refractivity contribution in [3.63, 3.8) is 0 Å². The molecule has 0 spiro atoms. The van der Waals surface area contributed by atoms with E-state index in [1.807, 2.05) is 32.0 Å². The third-order valence-corrected chi connectivity index (χ3v) is 4.44. The predicted molar refractivity (Wildman–Crippen MR) is 114 cm³/mol. The van der Waals surface area contributed by atoms with E-state index < -0.39 is 6.29 Å². The molecular weight excluding hydrogens is 386 g/mol. The lowest BCUT2D eigenvalue weighted by molar-refractivity contribution is -0.385. The number of aryl methyl sites for hydroxylation is 1. The van der Waals surface area contributed by atoms with Crippen molar-refractivity contribution >= 4 is 17.2 Å². The number of hydrogen-bond donors (Lipinski definition) is 1. The molecule has 0 atom stereocenters. The first-order valence-corrected chi connectivity index (χ1v) is 9.75. The Kier molecular flexibility index (Phi) is 7.10. The van der Waals surface area contributed by atoms with Gasteiger partial charge in [-0.25, -0.2) is 4.68 Å². The number of pyridine rings is 1. The molecule has 0 aliphatic carbocycles. The number of anilines is 2. The number of nitrogens with zero attached hydrogens (tertiary/aromatic N) is 4. The minimum Gasteiger partial charge on any atom is -0.351 e. The molecule has 0 amide bonds. The summed E-state index contributed by atoms with van der Waals surface area (Å²) in [7, 11) is 0. The minimum absolute atomic E-state index is 0.0556. The molecule has 3 rings (SSSR count). The number of benzene rings is 1. The highest BCUT2D eigenvalue weighted by Gasteiger charge is 2.17. The van der Waals surface area contributed by atoms with Crippen molar-refractivity contribution in [2.45, 2.75) is 33.6 Å². The standard InChI is InChI=1S/C21H25N5O4/c1-4-29-21(30-5-2)14-25-20(12-18(24-25)16-7-6-10-22-13-16)23-17-9-8-15(3)19(11-17)26(27)28/h6-13,21,23H,4-5,14H2,1-3H3. The maximum atomic E-state index is 11.3. The smallest absolute Gasteiger partial charge is 0.274 e. The normalized spacial score (nSPS) is 11.1. The van der Waals surface area contributed by atoms with E-state index in [2.05, 4.69) is 15.4 Å². The number of hydrogen-bond acceptors (Lipinski definition) is 7. The summed E-state index contributed by atoms with van der Waals surface area (Å²) in [4.78, 5) is 15.1. The number of nitro benzene ring substituents is 1. The molecule has 0 bridgehead atoms. The lowest BCUT2D eigenvalue weighted by Crippen LogP contribution is -2.25. The molecule has 1 N–H and O–H groups in total. The van der Waals surface area contributed by atoms with Gasteiger partial charge in [-0.15, -0.1) is 0 Å². The fraction of sp³-hybridized carbons (Fsp3) is 0.333. The molecule has 9 nitrogen and oxygen atoms in total. The van der Waals surface area contributed by atoms with E-state index in [1.165, 1.54) is 6.07 Å². The summed E-state index contributed by atoms with van der Waals surface area (Å²) in [6, 6.07) is 10.7. The highest BCUT2D eigenvalue weighted by atomic mass is 16.7. The third kappa shape index (κ3) is 5.19. The molecule has 2 heterocycles. The average Bonchev–Trinajstić information content (AvgIpc) is 3.12. The Morgan fingerprint density at radius 1 is 1.20 bits per heavy atom. The molecule has 158 valence electrons. The second-order valence-electron chi connectivity index (χ2n) is 6.56. The van der Waals surface area contributed by atoms with Crippen LogP contribution in [0.4, 0.5) is 17.2 Å². The third-order valence-electron chi connectivity index (χ3n) is 4.44. The van der Waals surface area contributed by atoms with Gasteiger partial charge in [-0.2, -0.15) is 5.10 Å². The van der Waals surface area contributed by atoms with E-state index in [1.54, 1.807) is 36.1 Å². The Hall–Kier alpha value is -3.30. The molecular formula is C21H25N5O4. The Morgan fingerprint density at radius 3 is 2.60 bits per heavy atom. The summed E-state index contributed by atoms with van der Waals surface area (Å²) in [5.41, 5.74) is 2.83. The van der Waals surface area contributed by atoms with E-state index in [-0.39, 0.29) is 10.6 Å². The Bertz CT molecular complexity index is 984. The number of nitrogens with one attached hydrogen (secondary N) is 1. The van der Waals surface area contributed by atoms with Crippen LogP contribution in [0.25, 0.3) is 11.3 Å². The monoisotopic (exact) mass is 411 g/mol. The molecule has 0 unspecified atom stereocenters. The zero-order valence-corrected chi connectivity index (χ0v) is 17.2. The van der Waals surface area contributed by atoms with Crippen LogP contribution < -0.4 is 5.32 Å². The van der Waals surface area contributed by atoms with Crippen molar-refractivity contribution < 1.29 is 14.4 Å². The molecule has 3 aromatic rings. The van der Waals surface area contributed by atoms with Gasteiger partial charge in [-0.3, -0.25) is 15.1 Å². The summed E-state index contributed by atoms with van der Waals surface area (Å²) in [6.45, 7) is 6.89. The van der Waals surface area contributed by atoms with Crippen molar-refractivity contribution in [1.82, 2.24) is 14.8 Å². The molecule has 1 aromatic carbocycles. The molecule has 0 aliphatic heterocycles. The van der Waals surface area contributed by atoms with Gasteiger partial charge in [-0.05, 0) is 39.0 Å². The first-order chi connectivity index (χ1) is 14.5. The highest BCUT2D eigenvalue weighted by Crippen LogP contribution is 2.28. The van der Waals surface area contributed by atoms with Crippen molar-refractivity contribution in [2.24, 2.45) is 0 Å². The number of rotatable bonds is 10. The molecule has 0 aliphatic rings. The first kappa shape index (κ1) is 21.4. The van der Waals surface area contributed by atoms with Crippen LogP contribution >= 0.6 is 0 Å². The van der Waals surface area contributed by atoms with Gasteiger partial charge < -0.3 is 14.8 Å². The average molecular weight is 411 g/mol. The van der Waals surface area contributed by atoms with Gasteiger partial charge in [0.25, 0.3) is 5.69 Å². The topological polar surface area (TPSA) is 104 Å². The van der Waals surface area contributed by atoms with E-state index in [0.29, 0.717) is 36.8 Å². The predicted octanol–water partition coefficient (Wildman–Crippen LogP) is 4.30. The number of aromatic nitrogens is 3. The summed E-state index contributed by atoms with van der Waals surface area (Å²) < 4.78 is 13.1. The summed E-state index contributed by atoms with van der Waals surface area (Å²) in [6.07, 6.45) is 2.97. The van der Waals surface area contributed by atoms with Crippen LogP contribution in [0.15, 0.2) is 48.8 Å². The largest absolute Gasteiger partial charge is 0.351 e. The van der Waals surface area contributed by atoms with Crippen molar-refractivity contribution in [3.8, 4) is 11.3 Å². The zero-order valence-electron chi connectivity index (χ0n) is 17.2. The van der Waals surface area contributed by atoms with Gasteiger partial charge in [0.1, 0.15) is 5.82 Å². The van der Waals surface area contributed by atoms with Crippen LogP contribution in [0.3, 0.4) is 0 Å². The Labute approximate surface area is 174 Å². The molecule has 0 radical (unpaired) electrons. The second kappa shape index (κ2) is 9.95. The maximum Gasteiger partial charge on any atom is 0.274 e. The van der Waals surface area contributed by atoms with Crippen LogP contribution in [-0.2, 0) is 16.0 Å². The Balaban J connectivity index is 1.96. The van der Waals surface area contributed by atoms with E-state index >= 15 is 0 Å². The Morgan fingerprint density at radius 2 is 1.97 bits per heavy atom. The van der Waals surface area contributed by atoms with Gasteiger partial charge >= 0.3 is 0 Å². The van der Waals surface area contributed by atoms with Crippen LogP contribution in [0.1, 0.15) is 19.4 Å². The SMILES string of the molecule is CCOC(Cn1nc(-c2cccnc2)cc1Nc1ccc(C)c([N+](=O)[O-])c1)OCC. The van der Waals surface area contributed by atoms with Gasteiger partial charge in [0.05, 0.1) is 17.2 Å². The van der Waals surface area contributed by atoms with Crippen molar-refractivity contribution in [2.75, 3.05) is 18.5 Å². The fourth-order valence-corrected chi connectivity index (χ4v) is 3.01. The van der Waals surface area contributed by atoms with E-state index in [4.69, 9.17) is 9.47 Å². The van der Waals surface area contributed by atoms with Crippen LogP contribution in [0.5, 0.6) is 0 Å². The first-order valence-electron chi connectivity index (χ1n) is 9.75. The fourth-order valence-electron chi connectivity index (χ4n) is 3.01. The van der Waals surface area contributed by atoms with Gasteiger partial charge in [0, 0.05) is 54.6 Å². The molecule has 9 heteroatoms. The van der Waals surface area contributed by atoms with E-state index in [9.17, 15) is 10.1 Å². The quantitative estimate of drug-likeness (QED) is 0.301. The molecule has 2 aromatic heterocycles. The number of nitro groups is 1. The molecule has 30 heavy (non-hydrogen) atoms. The summed E-state index contributed by atoms with van der Waals surface area (Å²) >= 11 is 0. The van der Waals surface area contributed by atoms with Crippen LogP contribution in [-0.4, -0.2) is 39.2 Å². The van der Waals surface area contributed by atoms with Crippen LogP contribution in [0, 0.1) is 17.0 Å². The minimum atomic E-state index is -0.463. The number of ether oxygens (including phenoxy) is 2. The second-order valence-corrected chi connectivity index (χ2v) is 6.56. The van der Waals surface area contributed by atoms with Crippen molar-refractivity contribution in [1.29, 1.82) is 0 Å². The lowest BCUT2D eigenvalue weighted by Gasteiger charge is -2.18. The molecule has 0 saturated heterocycles. The van der Waals surface area contributed by atoms with E-state index in [0.717, 1.165) is 11.3 Å². The summed E-state index contributed by atoms with van der Waals surface area (Å²) in [5.74, 6) is 0.663. The molecule has 0 fully saturated rings. The lowest BCUT2D eigenvalue weighted by atomic mass is 10.2. The maximum absolute atomic E-state index is 11.3. The van der Waals surface area contributed by atoms with Gasteiger partial charge in [-0.1, -0.05) is 6.07 Å². The van der Waals surface area contributed by atoms with Gasteiger partial charge in [0.2, 0.25) is 0 Å².